The molecule has 3 aromatic rings. The summed E-state index contributed by atoms with van der Waals surface area (Å²) in [5.41, 5.74) is 1.65. The fraction of sp³-hybridized carbons (Fsp3) is 0.100. The van der Waals surface area contributed by atoms with E-state index in [2.05, 4.69) is 41.5 Å². The zero-order chi connectivity index (χ0) is 12.7. The Labute approximate surface area is 115 Å². The number of aromatic amines is 1. The molecule has 0 radical (unpaired) electrons. The van der Waals surface area contributed by atoms with Crippen molar-refractivity contribution >= 4 is 50.1 Å². The van der Waals surface area contributed by atoms with Crippen molar-refractivity contribution in [1.82, 2.24) is 25.0 Å². The minimum absolute atomic E-state index is 0.521. The van der Waals surface area contributed by atoms with Crippen LogP contribution in [0.2, 0.25) is 5.02 Å². The molecular weight excluding hydrogens is 320 g/mol. The average Bonchev–Trinajstić information content (AvgIpc) is 2.90. The van der Waals surface area contributed by atoms with Crippen LogP contribution in [0.1, 0.15) is 0 Å². The Kier molecular flexibility index (Phi) is 2.71. The minimum Gasteiger partial charge on any atom is -0.323 e. The lowest BCUT2D eigenvalue weighted by molar-refractivity contribution is 0.769. The topological polar surface area (TPSA) is 71.4 Å². The first-order valence-corrected chi connectivity index (χ1v) is 6.27. The first-order chi connectivity index (χ1) is 8.65. The number of rotatable bonds is 2. The van der Waals surface area contributed by atoms with Gasteiger partial charge in [0.25, 0.3) is 0 Å². The predicted octanol–water partition coefficient (Wildman–Crippen LogP) is 2.85. The number of hydrogen-bond donors (Lipinski definition) is 2. The fourth-order valence-electron chi connectivity index (χ4n) is 1.66. The van der Waals surface area contributed by atoms with Gasteiger partial charge in [-0.3, -0.25) is 5.10 Å². The molecule has 2 N–H and O–H groups in total. The van der Waals surface area contributed by atoms with E-state index in [4.69, 9.17) is 11.6 Å². The molecule has 8 heteroatoms. The normalized spacial score (nSPS) is 11.1. The van der Waals surface area contributed by atoms with Crippen molar-refractivity contribution in [3.05, 3.63) is 28.1 Å². The molecule has 0 amide bonds. The number of fused-ring (bicyclic) bond motifs is 1. The summed E-state index contributed by atoms with van der Waals surface area (Å²) in [5.74, 6) is 0.603. The van der Waals surface area contributed by atoms with E-state index in [1.165, 1.54) is 0 Å². The summed E-state index contributed by atoms with van der Waals surface area (Å²) < 4.78 is 2.15. The van der Waals surface area contributed by atoms with Crippen LogP contribution in [0.25, 0.3) is 10.9 Å². The summed E-state index contributed by atoms with van der Waals surface area (Å²) in [6.07, 6.45) is 1.69. The van der Waals surface area contributed by atoms with Crippen molar-refractivity contribution < 1.29 is 0 Å². The summed E-state index contributed by atoms with van der Waals surface area (Å²) in [5, 5.41) is 15.5. The Hall–Kier alpha value is -1.60. The predicted molar refractivity (Wildman–Crippen MR) is 73.1 cm³/mol. The van der Waals surface area contributed by atoms with Gasteiger partial charge < -0.3 is 5.32 Å². The first kappa shape index (κ1) is 11.5. The van der Waals surface area contributed by atoms with Gasteiger partial charge in [-0.2, -0.15) is 10.1 Å². The summed E-state index contributed by atoms with van der Waals surface area (Å²) in [6, 6.07) is 3.77. The van der Waals surface area contributed by atoms with Crippen LogP contribution in [0.5, 0.6) is 0 Å². The smallest absolute Gasteiger partial charge is 0.226 e. The summed E-state index contributed by atoms with van der Waals surface area (Å²) in [6.45, 7) is 0. The molecule has 0 fully saturated rings. The molecule has 6 nitrogen and oxygen atoms in total. The second kappa shape index (κ2) is 4.25. The van der Waals surface area contributed by atoms with Crippen LogP contribution in [-0.2, 0) is 7.05 Å². The lowest BCUT2D eigenvalue weighted by Gasteiger charge is -2.07. The molecular formula is C10H8BrClN6. The average molecular weight is 328 g/mol. The van der Waals surface area contributed by atoms with Gasteiger partial charge in [0.2, 0.25) is 10.7 Å². The minimum atomic E-state index is 0.521. The fourth-order valence-corrected chi connectivity index (χ4v) is 2.33. The number of nitrogens with zero attached hydrogens (tertiary/aromatic N) is 4. The number of benzene rings is 1. The molecule has 0 unspecified atom stereocenters. The number of aromatic nitrogens is 5. The number of aryl methyl sites for hydroxylation is 1. The highest BCUT2D eigenvalue weighted by Gasteiger charge is 2.10. The molecule has 92 valence electrons. The van der Waals surface area contributed by atoms with E-state index in [1.807, 2.05) is 12.1 Å². The molecule has 0 aliphatic rings. The molecule has 2 heterocycles. The maximum atomic E-state index is 6.30. The van der Waals surface area contributed by atoms with E-state index in [1.54, 1.807) is 17.9 Å². The van der Waals surface area contributed by atoms with Crippen LogP contribution in [0.15, 0.2) is 23.1 Å². The third-order valence-corrected chi connectivity index (χ3v) is 3.29. The molecule has 0 aliphatic carbocycles. The third kappa shape index (κ3) is 1.85. The van der Waals surface area contributed by atoms with Gasteiger partial charge in [-0.15, -0.1) is 5.10 Å². The van der Waals surface area contributed by atoms with Gasteiger partial charge in [0.15, 0.2) is 0 Å². The van der Waals surface area contributed by atoms with Crippen molar-refractivity contribution in [3.63, 3.8) is 0 Å². The number of halogens is 2. The van der Waals surface area contributed by atoms with Crippen LogP contribution in [0, 0.1) is 0 Å². The van der Waals surface area contributed by atoms with Crippen LogP contribution >= 0.6 is 27.5 Å². The molecule has 0 saturated carbocycles. The summed E-state index contributed by atoms with van der Waals surface area (Å²) in [7, 11) is 1.80. The highest BCUT2D eigenvalue weighted by molar-refractivity contribution is 9.10. The summed E-state index contributed by atoms with van der Waals surface area (Å²) in [4.78, 5) is 4.19. The van der Waals surface area contributed by atoms with Crippen molar-refractivity contribution in [2.75, 3.05) is 5.32 Å². The zero-order valence-electron chi connectivity index (χ0n) is 9.28. The third-order valence-electron chi connectivity index (χ3n) is 2.54. The van der Waals surface area contributed by atoms with Crippen molar-refractivity contribution in [1.29, 1.82) is 0 Å². The van der Waals surface area contributed by atoms with Gasteiger partial charge in [-0.25, -0.2) is 4.68 Å². The zero-order valence-corrected chi connectivity index (χ0v) is 11.6. The second-order valence-corrected chi connectivity index (χ2v) is 4.80. The lowest BCUT2D eigenvalue weighted by atomic mass is 10.2. The molecule has 2 aromatic heterocycles. The maximum Gasteiger partial charge on any atom is 0.226 e. The van der Waals surface area contributed by atoms with Gasteiger partial charge in [-0.05, 0) is 28.1 Å². The van der Waals surface area contributed by atoms with E-state index in [0.717, 1.165) is 16.6 Å². The van der Waals surface area contributed by atoms with Crippen molar-refractivity contribution in [2.24, 2.45) is 7.05 Å². The molecule has 0 atom stereocenters. The molecule has 1 aromatic carbocycles. The van der Waals surface area contributed by atoms with Gasteiger partial charge in [0, 0.05) is 12.4 Å². The van der Waals surface area contributed by atoms with Gasteiger partial charge >= 0.3 is 0 Å². The second-order valence-electron chi connectivity index (χ2n) is 3.71. The van der Waals surface area contributed by atoms with Crippen molar-refractivity contribution in [3.8, 4) is 0 Å². The molecule has 3 rings (SSSR count). The van der Waals surface area contributed by atoms with E-state index in [-0.39, 0.29) is 0 Å². The molecule has 0 saturated heterocycles. The lowest BCUT2D eigenvalue weighted by Crippen LogP contribution is -2.00. The number of H-pyrrole nitrogens is 1. The largest absolute Gasteiger partial charge is 0.323 e. The Morgan fingerprint density at radius 1 is 1.44 bits per heavy atom. The SMILES string of the molecule is Cn1nc(Br)nc1Nc1ccc2[nH]ncc2c1Cl. The highest BCUT2D eigenvalue weighted by atomic mass is 79.9. The van der Waals surface area contributed by atoms with Crippen LogP contribution in [0.4, 0.5) is 11.6 Å². The number of nitrogens with one attached hydrogen (secondary N) is 2. The van der Waals surface area contributed by atoms with E-state index in [0.29, 0.717) is 15.7 Å². The van der Waals surface area contributed by atoms with Gasteiger partial charge in [-0.1, -0.05) is 11.6 Å². The Morgan fingerprint density at radius 3 is 3.00 bits per heavy atom. The quantitative estimate of drug-likeness (QED) is 0.759. The van der Waals surface area contributed by atoms with Gasteiger partial charge in [0.1, 0.15) is 0 Å². The first-order valence-electron chi connectivity index (χ1n) is 5.10. The standard InChI is InChI=1S/C10H8BrClN6/c1-18-10(15-9(11)17-18)14-7-3-2-6-5(8(7)12)4-13-16-6/h2-4H,1H3,(H,13,16)(H,14,15,17). The van der Waals surface area contributed by atoms with Crippen LogP contribution in [0.3, 0.4) is 0 Å². The Balaban J connectivity index is 2.04. The highest BCUT2D eigenvalue weighted by Crippen LogP contribution is 2.31. The molecule has 18 heavy (non-hydrogen) atoms. The van der Waals surface area contributed by atoms with Crippen molar-refractivity contribution in [2.45, 2.75) is 0 Å². The molecule has 0 aliphatic heterocycles. The van der Waals surface area contributed by atoms with E-state index < -0.39 is 0 Å². The molecule has 0 bridgehead atoms. The Morgan fingerprint density at radius 2 is 2.28 bits per heavy atom. The van der Waals surface area contributed by atoms with Gasteiger partial charge in [0.05, 0.1) is 22.4 Å². The molecule has 0 spiro atoms. The maximum absolute atomic E-state index is 6.30. The van der Waals surface area contributed by atoms with Crippen LogP contribution < -0.4 is 5.32 Å². The monoisotopic (exact) mass is 326 g/mol. The van der Waals surface area contributed by atoms with E-state index in [9.17, 15) is 0 Å². The Bertz CT molecular complexity index is 718. The van der Waals surface area contributed by atoms with E-state index >= 15 is 0 Å². The number of hydrogen-bond acceptors (Lipinski definition) is 4. The summed E-state index contributed by atoms with van der Waals surface area (Å²) >= 11 is 9.52. The van der Waals surface area contributed by atoms with Crippen LogP contribution in [-0.4, -0.2) is 25.0 Å². The number of anilines is 2.